The van der Waals surface area contributed by atoms with Crippen LogP contribution in [0.15, 0.2) is 18.5 Å². The zero-order valence-electron chi connectivity index (χ0n) is 8.96. The molecule has 2 nitrogen and oxygen atoms in total. The molecule has 1 aliphatic rings. The first-order valence-electron chi connectivity index (χ1n) is 5.38. The van der Waals surface area contributed by atoms with E-state index >= 15 is 0 Å². The average Bonchev–Trinajstić information content (AvgIpc) is 2.13. The molecule has 1 saturated carbocycles. The second-order valence-electron chi connectivity index (χ2n) is 4.46. The maximum atomic E-state index is 4.14. The molecule has 0 radical (unpaired) electrons. The molecule has 76 valence electrons. The van der Waals surface area contributed by atoms with Gasteiger partial charge in [-0.3, -0.25) is 4.98 Å². The maximum absolute atomic E-state index is 4.14. The fourth-order valence-electron chi connectivity index (χ4n) is 2.01. The number of aryl methyl sites for hydroxylation is 1. The minimum atomic E-state index is 0.740. The van der Waals surface area contributed by atoms with Crippen molar-refractivity contribution in [3.05, 3.63) is 29.6 Å². The molecular formula is C12H18N2. The fourth-order valence-corrected chi connectivity index (χ4v) is 2.01. The predicted octanol–water partition coefficient (Wildman–Crippen LogP) is 2.28. The second kappa shape index (κ2) is 4.09. The van der Waals surface area contributed by atoms with Gasteiger partial charge in [0.05, 0.1) is 0 Å². The van der Waals surface area contributed by atoms with Crippen LogP contribution in [0.25, 0.3) is 0 Å². The molecule has 0 atom stereocenters. The largest absolute Gasteiger partial charge is 0.310 e. The lowest BCUT2D eigenvalue weighted by Crippen LogP contribution is -2.39. The number of hydrogen-bond donors (Lipinski definition) is 1. The van der Waals surface area contributed by atoms with Crippen LogP contribution in [-0.4, -0.2) is 11.0 Å². The highest BCUT2D eigenvalue weighted by Gasteiger charge is 2.24. The molecule has 0 aromatic carbocycles. The van der Waals surface area contributed by atoms with Crippen LogP contribution in [0.1, 0.15) is 30.9 Å². The molecule has 0 aliphatic heterocycles. The van der Waals surface area contributed by atoms with Gasteiger partial charge in [-0.15, -0.1) is 0 Å². The minimum absolute atomic E-state index is 0.740. The van der Waals surface area contributed by atoms with Crippen molar-refractivity contribution in [1.29, 1.82) is 0 Å². The molecule has 1 heterocycles. The van der Waals surface area contributed by atoms with Crippen LogP contribution in [0, 0.1) is 12.8 Å². The summed E-state index contributed by atoms with van der Waals surface area (Å²) in [4.78, 5) is 4.14. The van der Waals surface area contributed by atoms with Crippen LogP contribution in [0.5, 0.6) is 0 Å². The third-order valence-corrected chi connectivity index (χ3v) is 3.10. The number of aromatic nitrogens is 1. The first-order valence-corrected chi connectivity index (χ1v) is 5.38. The molecule has 0 unspecified atom stereocenters. The van der Waals surface area contributed by atoms with Gasteiger partial charge in [0.15, 0.2) is 0 Å². The minimum Gasteiger partial charge on any atom is -0.310 e. The summed E-state index contributed by atoms with van der Waals surface area (Å²) in [6, 6.07) is 2.81. The van der Waals surface area contributed by atoms with Crippen LogP contribution in [0.3, 0.4) is 0 Å². The molecule has 0 saturated heterocycles. The van der Waals surface area contributed by atoms with Gasteiger partial charge in [-0.25, -0.2) is 0 Å². The Labute approximate surface area is 85.7 Å². The standard InChI is InChI=1S/C12H18N2/c1-9-5-12(6-9)14-8-11-7-13-4-3-10(11)2/h3-4,7,9,12,14H,5-6,8H2,1-2H3. The molecule has 1 aromatic heterocycles. The smallest absolute Gasteiger partial charge is 0.0315 e. The first kappa shape index (κ1) is 9.66. The van der Waals surface area contributed by atoms with E-state index < -0.39 is 0 Å². The Kier molecular flexibility index (Phi) is 2.82. The third-order valence-electron chi connectivity index (χ3n) is 3.10. The zero-order valence-corrected chi connectivity index (χ0v) is 8.96. The molecule has 0 amide bonds. The van der Waals surface area contributed by atoms with Crippen LogP contribution in [-0.2, 0) is 6.54 Å². The van der Waals surface area contributed by atoms with Gasteiger partial charge >= 0.3 is 0 Å². The quantitative estimate of drug-likeness (QED) is 0.791. The fraction of sp³-hybridized carbons (Fsp3) is 0.583. The summed E-state index contributed by atoms with van der Waals surface area (Å²) in [6.45, 7) is 5.42. The molecule has 2 rings (SSSR count). The summed E-state index contributed by atoms with van der Waals surface area (Å²) in [5.41, 5.74) is 2.66. The van der Waals surface area contributed by atoms with Crippen molar-refractivity contribution in [2.45, 2.75) is 39.3 Å². The SMILES string of the molecule is Cc1ccncc1CNC1CC(C)C1. The van der Waals surface area contributed by atoms with E-state index in [2.05, 4.69) is 30.2 Å². The Morgan fingerprint density at radius 3 is 2.93 bits per heavy atom. The van der Waals surface area contributed by atoms with Crippen molar-refractivity contribution in [2.24, 2.45) is 5.92 Å². The van der Waals surface area contributed by atoms with Gasteiger partial charge in [0.25, 0.3) is 0 Å². The molecule has 1 aromatic rings. The highest BCUT2D eigenvalue weighted by Crippen LogP contribution is 2.26. The Hall–Kier alpha value is -0.890. The summed E-state index contributed by atoms with van der Waals surface area (Å²) < 4.78 is 0. The molecule has 0 bridgehead atoms. The van der Waals surface area contributed by atoms with Crippen molar-refractivity contribution >= 4 is 0 Å². The summed E-state index contributed by atoms with van der Waals surface area (Å²) in [5.74, 6) is 0.919. The molecular weight excluding hydrogens is 172 g/mol. The van der Waals surface area contributed by atoms with Crippen LogP contribution in [0.2, 0.25) is 0 Å². The Morgan fingerprint density at radius 1 is 1.50 bits per heavy atom. The van der Waals surface area contributed by atoms with Gasteiger partial charge in [0, 0.05) is 25.0 Å². The molecule has 1 aliphatic carbocycles. The summed E-state index contributed by atoms with van der Waals surface area (Å²) >= 11 is 0. The highest BCUT2D eigenvalue weighted by molar-refractivity contribution is 5.21. The summed E-state index contributed by atoms with van der Waals surface area (Å²) in [6.07, 6.45) is 6.48. The van der Waals surface area contributed by atoms with E-state index in [1.54, 1.807) is 0 Å². The predicted molar refractivity (Wildman–Crippen MR) is 58.0 cm³/mol. The van der Waals surface area contributed by atoms with E-state index in [0.29, 0.717) is 0 Å². The number of nitrogens with one attached hydrogen (secondary N) is 1. The Balaban J connectivity index is 1.83. The molecule has 1 N–H and O–H groups in total. The lowest BCUT2D eigenvalue weighted by atomic mass is 9.82. The third kappa shape index (κ3) is 2.13. The molecule has 2 heteroatoms. The molecule has 0 spiro atoms. The van der Waals surface area contributed by atoms with Gasteiger partial charge in [-0.1, -0.05) is 6.92 Å². The lowest BCUT2D eigenvalue weighted by Gasteiger charge is -2.33. The van der Waals surface area contributed by atoms with E-state index in [4.69, 9.17) is 0 Å². The average molecular weight is 190 g/mol. The highest BCUT2D eigenvalue weighted by atomic mass is 14.9. The van der Waals surface area contributed by atoms with Crippen molar-refractivity contribution < 1.29 is 0 Å². The number of nitrogens with zero attached hydrogens (tertiary/aromatic N) is 1. The van der Waals surface area contributed by atoms with Crippen molar-refractivity contribution in [2.75, 3.05) is 0 Å². The van der Waals surface area contributed by atoms with Crippen molar-refractivity contribution in [3.63, 3.8) is 0 Å². The summed E-state index contributed by atoms with van der Waals surface area (Å²) in [7, 11) is 0. The van der Waals surface area contributed by atoms with E-state index in [1.807, 2.05) is 12.4 Å². The van der Waals surface area contributed by atoms with E-state index in [9.17, 15) is 0 Å². The maximum Gasteiger partial charge on any atom is 0.0315 e. The number of hydrogen-bond acceptors (Lipinski definition) is 2. The molecule has 1 fully saturated rings. The van der Waals surface area contributed by atoms with Crippen molar-refractivity contribution in [3.8, 4) is 0 Å². The monoisotopic (exact) mass is 190 g/mol. The zero-order chi connectivity index (χ0) is 9.97. The van der Waals surface area contributed by atoms with Gasteiger partial charge in [-0.2, -0.15) is 0 Å². The normalized spacial score (nSPS) is 25.9. The van der Waals surface area contributed by atoms with Crippen LogP contribution < -0.4 is 5.32 Å². The second-order valence-corrected chi connectivity index (χ2v) is 4.46. The topological polar surface area (TPSA) is 24.9 Å². The van der Waals surface area contributed by atoms with Gasteiger partial charge < -0.3 is 5.32 Å². The van der Waals surface area contributed by atoms with Gasteiger partial charge in [0.1, 0.15) is 0 Å². The first-order chi connectivity index (χ1) is 6.75. The van der Waals surface area contributed by atoms with Gasteiger partial charge in [0.2, 0.25) is 0 Å². The molecule has 14 heavy (non-hydrogen) atoms. The van der Waals surface area contributed by atoms with Crippen LogP contribution >= 0.6 is 0 Å². The number of rotatable bonds is 3. The van der Waals surface area contributed by atoms with E-state index in [-0.39, 0.29) is 0 Å². The lowest BCUT2D eigenvalue weighted by molar-refractivity contribution is 0.240. The van der Waals surface area contributed by atoms with Gasteiger partial charge in [-0.05, 0) is 42.9 Å². The van der Waals surface area contributed by atoms with E-state index in [0.717, 1.165) is 18.5 Å². The Morgan fingerprint density at radius 2 is 2.29 bits per heavy atom. The summed E-state index contributed by atoms with van der Waals surface area (Å²) in [5, 5.41) is 3.57. The van der Waals surface area contributed by atoms with E-state index in [1.165, 1.54) is 24.0 Å². The van der Waals surface area contributed by atoms with Crippen LogP contribution in [0.4, 0.5) is 0 Å². The van der Waals surface area contributed by atoms with Crippen molar-refractivity contribution in [1.82, 2.24) is 10.3 Å². The Bertz CT molecular complexity index is 303. The number of pyridine rings is 1.